The van der Waals surface area contributed by atoms with E-state index in [1.54, 1.807) is 12.4 Å². The van der Waals surface area contributed by atoms with Crippen LogP contribution in [0.5, 0.6) is 0 Å². The number of methoxy groups -OCH3 is 1. The Morgan fingerprint density at radius 2 is 1.76 bits per heavy atom. The van der Waals surface area contributed by atoms with Gasteiger partial charge in [-0.2, -0.15) is 0 Å². The van der Waals surface area contributed by atoms with Gasteiger partial charge in [-0.1, -0.05) is 13.3 Å². The fourth-order valence-electron chi connectivity index (χ4n) is 3.89. The van der Waals surface area contributed by atoms with Gasteiger partial charge >= 0.3 is 5.97 Å². The highest BCUT2D eigenvalue weighted by molar-refractivity contribution is 5.94. The Balaban J connectivity index is 1.50. The standard InChI is InChI=1S/C23H28N4O2/c1-3-4-11-25-12-14-26(15-13-25)19-6-8-20(9-7-19)27-17-24-21-10-5-18(16-22(21)27)23(28)29-2/h5-10,16-17H,3-4,11-15H2,1-2H3. The van der Waals surface area contributed by atoms with Crippen molar-refractivity contribution in [3.8, 4) is 5.69 Å². The highest BCUT2D eigenvalue weighted by atomic mass is 16.5. The predicted octanol–water partition coefficient (Wildman–Crippen LogP) is 3.73. The van der Waals surface area contributed by atoms with Crippen LogP contribution in [0.1, 0.15) is 30.1 Å². The normalized spacial score (nSPS) is 15.0. The van der Waals surface area contributed by atoms with E-state index in [1.807, 2.05) is 16.7 Å². The van der Waals surface area contributed by atoms with E-state index in [1.165, 1.54) is 32.2 Å². The number of hydrogen-bond donors (Lipinski definition) is 0. The Bertz CT molecular complexity index is 972. The van der Waals surface area contributed by atoms with Crippen LogP contribution in [0.4, 0.5) is 5.69 Å². The summed E-state index contributed by atoms with van der Waals surface area (Å²) in [5.74, 6) is -0.340. The Kier molecular flexibility index (Phi) is 5.81. The van der Waals surface area contributed by atoms with Crippen molar-refractivity contribution in [2.24, 2.45) is 0 Å². The average molecular weight is 393 g/mol. The van der Waals surface area contributed by atoms with Crippen molar-refractivity contribution in [3.05, 3.63) is 54.4 Å². The number of ether oxygens (including phenoxy) is 1. The molecule has 1 aliphatic rings. The van der Waals surface area contributed by atoms with Crippen molar-refractivity contribution in [2.75, 3.05) is 44.7 Å². The molecule has 152 valence electrons. The molecular formula is C23H28N4O2. The molecule has 1 fully saturated rings. The van der Waals surface area contributed by atoms with Gasteiger partial charge < -0.3 is 9.64 Å². The topological polar surface area (TPSA) is 50.6 Å². The molecule has 0 bridgehead atoms. The van der Waals surface area contributed by atoms with Gasteiger partial charge in [0, 0.05) is 37.6 Å². The van der Waals surface area contributed by atoms with E-state index in [-0.39, 0.29) is 5.97 Å². The molecule has 6 heteroatoms. The lowest BCUT2D eigenvalue weighted by Crippen LogP contribution is -2.46. The Labute approximate surface area is 171 Å². The number of esters is 1. The largest absolute Gasteiger partial charge is 0.465 e. The van der Waals surface area contributed by atoms with Crippen LogP contribution in [0.25, 0.3) is 16.7 Å². The van der Waals surface area contributed by atoms with Crippen molar-refractivity contribution < 1.29 is 9.53 Å². The van der Waals surface area contributed by atoms with Gasteiger partial charge in [0.2, 0.25) is 0 Å². The number of carbonyl (C=O) groups excluding carboxylic acids is 1. The van der Waals surface area contributed by atoms with Crippen LogP contribution in [0.15, 0.2) is 48.8 Å². The molecular weight excluding hydrogens is 364 g/mol. The van der Waals surface area contributed by atoms with Gasteiger partial charge in [0.1, 0.15) is 6.33 Å². The average Bonchev–Trinajstić information content (AvgIpc) is 3.21. The number of benzene rings is 2. The van der Waals surface area contributed by atoms with Gasteiger partial charge in [0.15, 0.2) is 0 Å². The van der Waals surface area contributed by atoms with Crippen LogP contribution in [0.2, 0.25) is 0 Å². The number of carbonyl (C=O) groups is 1. The summed E-state index contributed by atoms with van der Waals surface area (Å²) < 4.78 is 6.85. The molecule has 2 aromatic carbocycles. The smallest absolute Gasteiger partial charge is 0.337 e. The summed E-state index contributed by atoms with van der Waals surface area (Å²) >= 11 is 0. The first kappa shape index (κ1) is 19.5. The van der Waals surface area contributed by atoms with Crippen LogP contribution in [-0.2, 0) is 4.74 Å². The zero-order chi connectivity index (χ0) is 20.2. The molecule has 3 aromatic rings. The molecule has 0 atom stereocenters. The first-order valence-electron chi connectivity index (χ1n) is 10.3. The first-order chi connectivity index (χ1) is 14.2. The minimum atomic E-state index is -0.340. The maximum absolute atomic E-state index is 11.9. The second-order valence-corrected chi connectivity index (χ2v) is 7.51. The molecule has 4 rings (SSSR count). The lowest BCUT2D eigenvalue weighted by Gasteiger charge is -2.36. The summed E-state index contributed by atoms with van der Waals surface area (Å²) in [6.45, 7) is 7.86. The molecule has 0 aliphatic carbocycles. The zero-order valence-electron chi connectivity index (χ0n) is 17.2. The molecule has 1 aromatic heterocycles. The molecule has 0 amide bonds. The van der Waals surface area contributed by atoms with Crippen molar-refractivity contribution in [1.82, 2.24) is 14.5 Å². The van der Waals surface area contributed by atoms with Gasteiger partial charge in [-0.05, 0) is 55.4 Å². The molecule has 1 saturated heterocycles. The van der Waals surface area contributed by atoms with Crippen molar-refractivity contribution >= 4 is 22.7 Å². The van der Waals surface area contributed by atoms with E-state index in [9.17, 15) is 4.79 Å². The first-order valence-corrected chi connectivity index (χ1v) is 10.3. The van der Waals surface area contributed by atoms with Crippen molar-refractivity contribution in [1.29, 1.82) is 0 Å². The lowest BCUT2D eigenvalue weighted by atomic mass is 10.2. The monoisotopic (exact) mass is 392 g/mol. The second-order valence-electron chi connectivity index (χ2n) is 7.51. The molecule has 0 spiro atoms. The summed E-state index contributed by atoms with van der Waals surface area (Å²) in [6, 6.07) is 14.0. The molecule has 6 nitrogen and oxygen atoms in total. The minimum Gasteiger partial charge on any atom is -0.465 e. The quantitative estimate of drug-likeness (QED) is 0.598. The summed E-state index contributed by atoms with van der Waals surface area (Å²) in [7, 11) is 1.40. The van der Waals surface area contributed by atoms with E-state index in [4.69, 9.17) is 4.74 Å². The number of nitrogens with zero attached hydrogens (tertiary/aromatic N) is 4. The fraction of sp³-hybridized carbons (Fsp3) is 0.391. The number of fused-ring (bicyclic) bond motifs is 1. The Hall–Kier alpha value is -2.86. The van der Waals surface area contributed by atoms with E-state index >= 15 is 0 Å². The third-order valence-corrected chi connectivity index (χ3v) is 5.66. The number of rotatable bonds is 6. The molecule has 1 aliphatic heterocycles. The Morgan fingerprint density at radius 1 is 1.03 bits per heavy atom. The number of piperazine rings is 1. The number of imidazole rings is 1. The highest BCUT2D eigenvalue weighted by Gasteiger charge is 2.17. The van der Waals surface area contributed by atoms with Crippen LogP contribution >= 0.6 is 0 Å². The van der Waals surface area contributed by atoms with Crippen molar-refractivity contribution in [2.45, 2.75) is 19.8 Å². The predicted molar refractivity (Wildman–Crippen MR) is 116 cm³/mol. The molecule has 2 heterocycles. The SMILES string of the molecule is CCCCN1CCN(c2ccc(-n3cnc4ccc(C(=O)OC)cc43)cc2)CC1. The van der Waals surface area contributed by atoms with Gasteiger partial charge in [0.25, 0.3) is 0 Å². The number of aromatic nitrogens is 2. The van der Waals surface area contributed by atoms with Crippen LogP contribution < -0.4 is 4.90 Å². The van der Waals surface area contributed by atoms with Crippen LogP contribution in [0, 0.1) is 0 Å². The van der Waals surface area contributed by atoms with E-state index in [0.29, 0.717) is 5.56 Å². The van der Waals surface area contributed by atoms with E-state index in [2.05, 4.69) is 46.0 Å². The molecule has 0 saturated carbocycles. The second kappa shape index (κ2) is 8.66. The molecule has 0 radical (unpaired) electrons. The van der Waals surface area contributed by atoms with E-state index in [0.717, 1.165) is 42.9 Å². The van der Waals surface area contributed by atoms with Crippen molar-refractivity contribution in [3.63, 3.8) is 0 Å². The summed E-state index contributed by atoms with van der Waals surface area (Å²) in [5, 5.41) is 0. The Morgan fingerprint density at radius 3 is 2.45 bits per heavy atom. The van der Waals surface area contributed by atoms with E-state index < -0.39 is 0 Å². The van der Waals surface area contributed by atoms with Gasteiger partial charge in [0.05, 0.1) is 23.7 Å². The minimum absolute atomic E-state index is 0.340. The summed E-state index contributed by atoms with van der Waals surface area (Å²) in [6.07, 6.45) is 4.34. The molecule has 29 heavy (non-hydrogen) atoms. The van der Waals surface area contributed by atoms with Gasteiger partial charge in [-0.3, -0.25) is 9.47 Å². The fourth-order valence-corrected chi connectivity index (χ4v) is 3.89. The highest BCUT2D eigenvalue weighted by Crippen LogP contribution is 2.23. The number of unbranched alkanes of at least 4 members (excludes halogenated alkanes) is 1. The van der Waals surface area contributed by atoms with Crippen LogP contribution in [0.3, 0.4) is 0 Å². The maximum atomic E-state index is 11.9. The lowest BCUT2D eigenvalue weighted by molar-refractivity contribution is 0.0601. The molecule has 0 unspecified atom stereocenters. The van der Waals surface area contributed by atoms with Gasteiger partial charge in [-0.25, -0.2) is 9.78 Å². The third-order valence-electron chi connectivity index (χ3n) is 5.66. The molecule has 0 N–H and O–H groups in total. The maximum Gasteiger partial charge on any atom is 0.337 e. The number of hydrogen-bond acceptors (Lipinski definition) is 5. The summed E-state index contributed by atoms with van der Waals surface area (Å²) in [4.78, 5) is 21.3. The zero-order valence-corrected chi connectivity index (χ0v) is 17.2. The van der Waals surface area contributed by atoms with Gasteiger partial charge in [-0.15, -0.1) is 0 Å². The summed E-state index contributed by atoms with van der Waals surface area (Å²) in [5.41, 5.74) is 4.55. The van der Waals surface area contributed by atoms with Crippen LogP contribution in [-0.4, -0.2) is 60.3 Å². The third kappa shape index (κ3) is 4.12. The number of anilines is 1.